The number of urea groups is 1. The summed E-state index contributed by atoms with van der Waals surface area (Å²) < 4.78 is 11.9. The third kappa shape index (κ3) is 4.64. The zero-order valence-corrected chi connectivity index (χ0v) is 19.3. The third-order valence-electron chi connectivity index (χ3n) is 4.64. The van der Waals surface area contributed by atoms with Crippen molar-refractivity contribution in [3.05, 3.63) is 57.1 Å². The second kappa shape index (κ2) is 9.34. The van der Waals surface area contributed by atoms with Crippen molar-refractivity contribution >= 4 is 45.5 Å². The van der Waals surface area contributed by atoms with Crippen molar-refractivity contribution in [2.45, 2.75) is 27.7 Å². The van der Waals surface area contributed by atoms with Crippen molar-refractivity contribution in [1.29, 1.82) is 0 Å². The number of rotatable bonds is 6. The van der Waals surface area contributed by atoms with Crippen LogP contribution in [0.25, 0.3) is 6.08 Å². The number of carbonyl (C=O) groups is 3. The number of nitrogens with one attached hydrogen (secondary N) is 1. The van der Waals surface area contributed by atoms with E-state index in [0.717, 1.165) is 16.0 Å². The maximum absolute atomic E-state index is 13.2. The van der Waals surface area contributed by atoms with Crippen LogP contribution in [-0.4, -0.2) is 31.1 Å². The molecule has 2 aromatic carbocycles. The van der Waals surface area contributed by atoms with Gasteiger partial charge < -0.3 is 9.47 Å². The lowest BCUT2D eigenvalue weighted by molar-refractivity contribution is -0.122. The van der Waals surface area contributed by atoms with E-state index in [-0.39, 0.29) is 5.57 Å². The van der Waals surface area contributed by atoms with E-state index < -0.39 is 17.8 Å². The van der Waals surface area contributed by atoms with Gasteiger partial charge in [0.1, 0.15) is 5.57 Å². The number of imide groups is 2. The van der Waals surface area contributed by atoms with Gasteiger partial charge in [-0.2, -0.15) is 0 Å². The molecule has 0 radical (unpaired) electrons. The number of aryl methyl sites for hydroxylation is 2. The summed E-state index contributed by atoms with van der Waals surface area (Å²) in [5, 5.41) is 2.25. The van der Waals surface area contributed by atoms with Crippen LogP contribution >= 0.6 is 15.9 Å². The molecule has 1 N–H and O–H groups in total. The Kier molecular flexibility index (Phi) is 6.80. The van der Waals surface area contributed by atoms with Crippen molar-refractivity contribution < 1.29 is 23.9 Å². The number of halogens is 1. The Morgan fingerprint density at radius 2 is 1.74 bits per heavy atom. The third-order valence-corrected chi connectivity index (χ3v) is 5.23. The summed E-state index contributed by atoms with van der Waals surface area (Å²) in [5.74, 6) is -0.417. The molecule has 2 aromatic rings. The fourth-order valence-electron chi connectivity index (χ4n) is 3.22. The van der Waals surface area contributed by atoms with Gasteiger partial charge in [-0.15, -0.1) is 0 Å². The van der Waals surface area contributed by atoms with Crippen LogP contribution in [0.2, 0.25) is 0 Å². The maximum Gasteiger partial charge on any atom is 0.335 e. The Morgan fingerprint density at radius 3 is 2.42 bits per heavy atom. The van der Waals surface area contributed by atoms with Crippen LogP contribution < -0.4 is 19.7 Å². The second-order valence-corrected chi connectivity index (χ2v) is 7.80. The molecule has 4 amide bonds. The fourth-order valence-corrected chi connectivity index (χ4v) is 3.80. The minimum absolute atomic E-state index is 0.154. The van der Waals surface area contributed by atoms with Crippen LogP contribution in [-0.2, 0) is 9.59 Å². The maximum atomic E-state index is 13.2. The quantitative estimate of drug-likeness (QED) is 0.478. The predicted molar refractivity (Wildman–Crippen MR) is 121 cm³/mol. The Labute approximate surface area is 189 Å². The molecule has 31 heavy (non-hydrogen) atoms. The molecule has 0 saturated carbocycles. The highest BCUT2D eigenvalue weighted by molar-refractivity contribution is 9.10. The largest absolute Gasteiger partial charge is 0.490 e. The first-order valence-electron chi connectivity index (χ1n) is 9.84. The summed E-state index contributed by atoms with van der Waals surface area (Å²) in [6.07, 6.45) is 1.44. The molecule has 1 heterocycles. The zero-order valence-electron chi connectivity index (χ0n) is 17.7. The van der Waals surface area contributed by atoms with Gasteiger partial charge in [-0.25, -0.2) is 9.69 Å². The normalized spacial score (nSPS) is 15.3. The molecule has 1 saturated heterocycles. The highest BCUT2D eigenvalue weighted by Gasteiger charge is 2.37. The topological polar surface area (TPSA) is 84.9 Å². The van der Waals surface area contributed by atoms with Gasteiger partial charge in [-0.1, -0.05) is 12.1 Å². The average molecular weight is 487 g/mol. The lowest BCUT2D eigenvalue weighted by Crippen LogP contribution is -2.54. The molecule has 162 valence electrons. The lowest BCUT2D eigenvalue weighted by atomic mass is 10.0. The molecule has 1 aliphatic rings. The molecular formula is C23H23BrN2O5. The molecule has 0 unspecified atom stereocenters. The Balaban J connectivity index is 2.07. The van der Waals surface area contributed by atoms with E-state index in [4.69, 9.17) is 9.47 Å². The van der Waals surface area contributed by atoms with E-state index in [2.05, 4.69) is 21.2 Å². The number of benzene rings is 2. The highest BCUT2D eigenvalue weighted by Crippen LogP contribution is 2.38. The minimum Gasteiger partial charge on any atom is -0.490 e. The van der Waals surface area contributed by atoms with Gasteiger partial charge in [0.15, 0.2) is 11.5 Å². The number of carbonyl (C=O) groups excluding carboxylic acids is 3. The van der Waals surface area contributed by atoms with Crippen molar-refractivity contribution in [1.82, 2.24) is 5.32 Å². The Morgan fingerprint density at radius 1 is 1.03 bits per heavy atom. The number of nitrogens with zero attached hydrogens (tertiary/aromatic N) is 1. The van der Waals surface area contributed by atoms with Gasteiger partial charge in [-0.3, -0.25) is 14.9 Å². The van der Waals surface area contributed by atoms with Gasteiger partial charge in [-0.05, 0) is 84.6 Å². The minimum atomic E-state index is -0.774. The van der Waals surface area contributed by atoms with Gasteiger partial charge in [0.2, 0.25) is 0 Å². The number of ether oxygens (including phenoxy) is 2. The second-order valence-electron chi connectivity index (χ2n) is 6.94. The van der Waals surface area contributed by atoms with Crippen LogP contribution in [0.4, 0.5) is 10.5 Å². The highest BCUT2D eigenvalue weighted by atomic mass is 79.9. The molecule has 7 nitrogen and oxygen atoms in total. The predicted octanol–water partition coefficient (Wildman–Crippen LogP) is 4.53. The average Bonchev–Trinajstić information content (AvgIpc) is 2.70. The molecular weight excluding hydrogens is 464 g/mol. The molecule has 1 aliphatic heterocycles. The van der Waals surface area contributed by atoms with Crippen molar-refractivity contribution in [2.75, 3.05) is 18.1 Å². The van der Waals surface area contributed by atoms with Crippen LogP contribution in [0.1, 0.15) is 30.5 Å². The molecule has 0 spiro atoms. The summed E-state index contributed by atoms with van der Waals surface area (Å²) in [7, 11) is 0. The summed E-state index contributed by atoms with van der Waals surface area (Å²) >= 11 is 3.46. The number of hydrogen-bond acceptors (Lipinski definition) is 5. The standard InChI is InChI=1S/C23H23BrN2O5/c1-5-30-19-12-15(11-17(24)20(19)31-6-2)10-16-21(27)25-23(29)26(22(16)28)18-9-13(3)7-8-14(18)4/h7-12H,5-6H2,1-4H3,(H,25,27,29)/b16-10+. The number of anilines is 1. The Hall–Kier alpha value is -3.13. The first-order chi connectivity index (χ1) is 14.8. The zero-order chi connectivity index (χ0) is 22.7. The monoisotopic (exact) mass is 486 g/mol. The molecule has 1 fully saturated rings. The molecule has 0 aromatic heterocycles. The van der Waals surface area contributed by atoms with E-state index in [1.54, 1.807) is 25.1 Å². The van der Waals surface area contributed by atoms with E-state index in [0.29, 0.717) is 40.4 Å². The molecule has 8 heteroatoms. The molecule has 3 rings (SSSR count). The van der Waals surface area contributed by atoms with E-state index in [9.17, 15) is 14.4 Å². The van der Waals surface area contributed by atoms with Crippen LogP contribution in [0.3, 0.4) is 0 Å². The summed E-state index contributed by atoms with van der Waals surface area (Å²) in [4.78, 5) is 39.2. The summed E-state index contributed by atoms with van der Waals surface area (Å²) in [6.45, 7) is 8.24. The summed E-state index contributed by atoms with van der Waals surface area (Å²) in [6, 6.07) is 8.08. The van der Waals surface area contributed by atoms with Crippen LogP contribution in [0.5, 0.6) is 11.5 Å². The first-order valence-corrected chi connectivity index (χ1v) is 10.6. The van der Waals surface area contributed by atoms with Crippen molar-refractivity contribution in [3.63, 3.8) is 0 Å². The van der Waals surface area contributed by atoms with Gasteiger partial charge >= 0.3 is 6.03 Å². The molecule has 0 atom stereocenters. The molecule has 0 bridgehead atoms. The van der Waals surface area contributed by atoms with Crippen LogP contribution in [0, 0.1) is 13.8 Å². The SMILES string of the molecule is CCOc1cc(/C=C2\C(=O)NC(=O)N(c3cc(C)ccc3C)C2=O)cc(Br)c1OCC. The van der Waals surface area contributed by atoms with Gasteiger partial charge in [0.25, 0.3) is 11.8 Å². The first kappa shape index (κ1) is 22.6. The van der Waals surface area contributed by atoms with Crippen molar-refractivity contribution in [2.24, 2.45) is 0 Å². The number of hydrogen-bond donors (Lipinski definition) is 1. The lowest BCUT2D eigenvalue weighted by Gasteiger charge is -2.28. The molecule has 0 aliphatic carbocycles. The van der Waals surface area contributed by atoms with Crippen LogP contribution in [0.15, 0.2) is 40.4 Å². The van der Waals surface area contributed by atoms with E-state index in [1.165, 1.54) is 6.08 Å². The Bertz CT molecular complexity index is 1090. The van der Waals surface area contributed by atoms with Crippen molar-refractivity contribution in [3.8, 4) is 11.5 Å². The smallest absolute Gasteiger partial charge is 0.335 e. The number of amides is 4. The number of barbiturate groups is 1. The fraction of sp³-hybridized carbons (Fsp3) is 0.261. The van der Waals surface area contributed by atoms with Gasteiger partial charge in [0.05, 0.1) is 23.4 Å². The summed E-state index contributed by atoms with van der Waals surface area (Å²) in [5.41, 5.74) is 2.46. The van der Waals surface area contributed by atoms with E-state index in [1.807, 2.05) is 32.9 Å². The van der Waals surface area contributed by atoms with Gasteiger partial charge in [0, 0.05) is 0 Å². The van der Waals surface area contributed by atoms with E-state index >= 15 is 0 Å².